The van der Waals surface area contributed by atoms with E-state index < -0.39 is 4.92 Å². The third-order valence-corrected chi connectivity index (χ3v) is 3.42. The maximum absolute atomic E-state index is 11.1. The summed E-state index contributed by atoms with van der Waals surface area (Å²) in [5.74, 6) is 5.76. The molecule has 0 amide bonds. The number of piperazine rings is 1. The van der Waals surface area contributed by atoms with Gasteiger partial charge in [-0.15, -0.1) is 0 Å². The summed E-state index contributed by atoms with van der Waals surface area (Å²) in [5, 5.41) is 11.1. The molecular formula is C11H19N7O2. The largest absolute Gasteiger partial charge is 0.348 e. The van der Waals surface area contributed by atoms with E-state index in [1.165, 1.54) is 6.20 Å². The molecule has 9 heteroatoms. The Balaban J connectivity index is 2.21. The molecule has 2 heterocycles. The van der Waals surface area contributed by atoms with Crippen molar-refractivity contribution in [2.75, 3.05) is 36.5 Å². The van der Waals surface area contributed by atoms with Gasteiger partial charge in [-0.2, -0.15) is 4.98 Å². The zero-order chi connectivity index (χ0) is 14.7. The van der Waals surface area contributed by atoms with Gasteiger partial charge in [0.2, 0.25) is 11.8 Å². The van der Waals surface area contributed by atoms with Crippen LogP contribution in [0, 0.1) is 10.1 Å². The SMILES string of the molecule is CC(C)N1CCN(c2nc(NN)ncc2[N+](=O)[O-])CC1. The maximum atomic E-state index is 11.1. The number of nitrogens with two attached hydrogens (primary N) is 1. The number of rotatable bonds is 4. The van der Waals surface area contributed by atoms with Crippen LogP contribution < -0.4 is 16.2 Å². The Morgan fingerprint density at radius 3 is 2.55 bits per heavy atom. The molecule has 0 radical (unpaired) electrons. The lowest BCUT2D eigenvalue weighted by Crippen LogP contribution is -2.49. The first kappa shape index (κ1) is 14.4. The third kappa shape index (κ3) is 2.94. The van der Waals surface area contributed by atoms with Crippen molar-refractivity contribution in [3.05, 3.63) is 16.3 Å². The van der Waals surface area contributed by atoms with Gasteiger partial charge in [0.15, 0.2) is 0 Å². The number of hydrazine groups is 1. The van der Waals surface area contributed by atoms with Crippen LogP contribution in [0.5, 0.6) is 0 Å². The van der Waals surface area contributed by atoms with Gasteiger partial charge in [0.1, 0.15) is 6.20 Å². The highest BCUT2D eigenvalue weighted by Crippen LogP contribution is 2.27. The first-order valence-electron chi connectivity index (χ1n) is 6.50. The molecule has 1 saturated heterocycles. The van der Waals surface area contributed by atoms with Crippen LogP contribution in [0.2, 0.25) is 0 Å². The first-order chi connectivity index (χ1) is 9.52. The van der Waals surface area contributed by atoms with E-state index in [0.717, 1.165) is 13.1 Å². The molecule has 0 aromatic carbocycles. The highest BCUT2D eigenvalue weighted by Gasteiger charge is 2.26. The number of aromatic nitrogens is 2. The molecule has 1 aliphatic rings. The van der Waals surface area contributed by atoms with Crippen molar-refractivity contribution in [3.63, 3.8) is 0 Å². The maximum Gasteiger partial charge on any atom is 0.329 e. The van der Waals surface area contributed by atoms with Gasteiger partial charge in [-0.1, -0.05) is 0 Å². The van der Waals surface area contributed by atoms with Gasteiger partial charge in [0.25, 0.3) is 0 Å². The Labute approximate surface area is 116 Å². The normalized spacial score (nSPS) is 16.5. The molecule has 110 valence electrons. The van der Waals surface area contributed by atoms with Crippen LogP contribution >= 0.6 is 0 Å². The van der Waals surface area contributed by atoms with Gasteiger partial charge < -0.3 is 4.90 Å². The zero-order valence-corrected chi connectivity index (χ0v) is 11.6. The monoisotopic (exact) mass is 281 g/mol. The summed E-state index contributed by atoms with van der Waals surface area (Å²) in [6, 6.07) is 0.471. The molecule has 2 rings (SSSR count). The van der Waals surface area contributed by atoms with Crippen LogP contribution in [0.25, 0.3) is 0 Å². The van der Waals surface area contributed by atoms with Gasteiger partial charge in [-0.3, -0.25) is 20.4 Å². The average molecular weight is 281 g/mol. The molecule has 20 heavy (non-hydrogen) atoms. The number of hydrogen-bond donors (Lipinski definition) is 2. The summed E-state index contributed by atoms with van der Waals surface area (Å²) in [4.78, 5) is 22.7. The quantitative estimate of drug-likeness (QED) is 0.457. The molecule has 1 aliphatic heterocycles. The van der Waals surface area contributed by atoms with Crippen LogP contribution in [-0.2, 0) is 0 Å². The number of nitrogens with one attached hydrogen (secondary N) is 1. The third-order valence-electron chi connectivity index (χ3n) is 3.42. The Morgan fingerprint density at radius 1 is 1.40 bits per heavy atom. The molecule has 1 aromatic heterocycles. The highest BCUT2D eigenvalue weighted by atomic mass is 16.6. The molecule has 0 spiro atoms. The van der Waals surface area contributed by atoms with E-state index in [2.05, 4.69) is 34.1 Å². The van der Waals surface area contributed by atoms with Crippen molar-refractivity contribution in [1.29, 1.82) is 0 Å². The topological polar surface area (TPSA) is 113 Å². The van der Waals surface area contributed by atoms with Crippen molar-refractivity contribution in [2.24, 2.45) is 5.84 Å². The number of anilines is 2. The summed E-state index contributed by atoms with van der Waals surface area (Å²) in [5.41, 5.74) is 2.22. The first-order valence-corrected chi connectivity index (χ1v) is 6.50. The molecule has 0 atom stereocenters. The second-order valence-corrected chi connectivity index (χ2v) is 4.92. The Morgan fingerprint density at radius 2 is 2.05 bits per heavy atom. The fourth-order valence-electron chi connectivity index (χ4n) is 2.25. The molecule has 0 unspecified atom stereocenters. The molecule has 3 N–H and O–H groups in total. The molecule has 0 bridgehead atoms. The number of hydrogen-bond acceptors (Lipinski definition) is 8. The van der Waals surface area contributed by atoms with Gasteiger partial charge in [-0.05, 0) is 13.8 Å². The van der Waals surface area contributed by atoms with Crippen LogP contribution in [0.15, 0.2) is 6.20 Å². The molecule has 0 aliphatic carbocycles. The van der Waals surface area contributed by atoms with Crippen LogP contribution in [0.4, 0.5) is 17.5 Å². The predicted octanol–water partition coefficient (Wildman–Crippen LogP) is 0.201. The summed E-state index contributed by atoms with van der Waals surface area (Å²) in [7, 11) is 0. The predicted molar refractivity (Wildman–Crippen MR) is 75.4 cm³/mol. The van der Waals surface area contributed by atoms with Gasteiger partial charge in [-0.25, -0.2) is 10.8 Å². The lowest BCUT2D eigenvalue weighted by molar-refractivity contribution is -0.384. The lowest BCUT2D eigenvalue weighted by Gasteiger charge is -2.37. The average Bonchev–Trinajstić information content (AvgIpc) is 2.46. The zero-order valence-electron chi connectivity index (χ0n) is 11.6. The minimum Gasteiger partial charge on any atom is -0.348 e. The van der Waals surface area contributed by atoms with Gasteiger partial charge >= 0.3 is 5.69 Å². The number of nitrogens with zero attached hydrogens (tertiary/aromatic N) is 5. The lowest BCUT2D eigenvalue weighted by atomic mass is 10.2. The summed E-state index contributed by atoms with van der Waals surface area (Å²) < 4.78 is 0. The smallest absolute Gasteiger partial charge is 0.329 e. The minimum absolute atomic E-state index is 0.0954. The second kappa shape index (κ2) is 5.97. The van der Waals surface area contributed by atoms with E-state index in [-0.39, 0.29) is 11.6 Å². The van der Waals surface area contributed by atoms with Crippen molar-refractivity contribution in [1.82, 2.24) is 14.9 Å². The van der Waals surface area contributed by atoms with Crippen LogP contribution in [0.3, 0.4) is 0 Å². The van der Waals surface area contributed by atoms with Crippen LogP contribution in [0.1, 0.15) is 13.8 Å². The molecule has 1 fully saturated rings. The molecule has 0 saturated carbocycles. The fraction of sp³-hybridized carbons (Fsp3) is 0.636. The van der Waals surface area contributed by atoms with Crippen molar-refractivity contribution >= 4 is 17.5 Å². The number of nitrogen functional groups attached to an aromatic ring is 1. The van der Waals surface area contributed by atoms with E-state index in [0.29, 0.717) is 24.9 Å². The van der Waals surface area contributed by atoms with E-state index in [9.17, 15) is 10.1 Å². The summed E-state index contributed by atoms with van der Waals surface area (Å²) in [6.45, 7) is 7.37. The standard InChI is InChI=1S/C11H19N7O2/c1-8(2)16-3-5-17(6-4-16)10-9(18(19)20)7-13-11(14-10)15-12/h7-8H,3-6,12H2,1-2H3,(H,13,14,15). The summed E-state index contributed by atoms with van der Waals surface area (Å²) >= 11 is 0. The Bertz CT molecular complexity index is 486. The number of nitro groups is 1. The van der Waals surface area contributed by atoms with E-state index in [1.54, 1.807) is 0 Å². The van der Waals surface area contributed by atoms with Gasteiger partial charge in [0, 0.05) is 32.2 Å². The minimum atomic E-state index is -0.468. The fourth-order valence-corrected chi connectivity index (χ4v) is 2.25. The van der Waals surface area contributed by atoms with Crippen molar-refractivity contribution in [3.8, 4) is 0 Å². The summed E-state index contributed by atoms with van der Waals surface area (Å²) in [6.07, 6.45) is 1.19. The van der Waals surface area contributed by atoms with E-state index in [1.807, 2.05) is 4.90 Å². The Hall–Kier alpha value is -2.00. The molecule has 1 aromatic rings. The highest BCUT2D eigenvalue weighted by molar-refractivity contribution is 5.59. The van der Waals surface area contributed by atoms with E-state index >= 15 is 0 Å². The van der Waals surface area contributed by atoms with Crippen LogP contribution in [-0.4, -0.2) is 52.0 Å². The van der Waals surface area contributed by atoms with E-state index in [4.69, 9.17) is 5.84 Å². The Kier molecular flexibility index (Phi) is 4.30. The van der Waals surface area contributed by atoms with Crippen molar-refractivity contribution in [2.45, 2.75) is 19.9 Å². The second-order valence-electron chi connectivity index (χ2n) is 4.92. The van der Waals surface area contributed by atoms with Crippen molar-refractivity contribution < 1.29 is 4.92 Å². The molecular weight excluding hydrogens is 262 g/mol. The molecule has 9 nitrogen and oxygen atoms in total. The van der Waals surface area contributed by atoms with Gasteiger partial charge in [0.05, 0.1) is 4.92 Å².